The number of hydrogen-bond donors (Lipinski definition) is 3. The molecule has 2 aromatic rings. The number of hydrogen-bond acceptors (Lipinski definition) is 5. The van der Waals surface area contributed by atoms with Crippen molar-refractivity contribution in [3.05, 3.63) is 83.5 Å². The molecule has 0 fully saturated rings. The molecule has 0 radical (unpaired) electrons. The van der Waals surface area contributed by atoms with Crippen LogP contribution in [0.5, 0.6) is 0 Å². The third-order valence-corrected chi connectivity index (χ3v) is 4.65. The molecule has 1 aromatic carbocycles. The Balaban J connectivity index is 2.38. The van der Waals surface area contributed by atoms with Crippen LogP contribution in [0.25, 0.3) is 0 Å². The molecular formula is C22H25ClF3N5. The van der Waals surface area contributed by atoms with Gasteiger partial charge in [-0.3, -0.25) is 0 Å². The molecule has 1 aromatic heterocycles. The predicted molar refractivity (Wildman–Crippen MR) is 120 cm³/mol. The van der Waals surface area contributed by atoms with Crippen molar-refractivity contribution in [2.45, 2.75) is 25.6 Å². The van der Waals surface area contributed by atoms with Crippen molar-refractivity contribution < 1.29 is 13.2 Å². The third kappa shape index (κ3) is 7.03. The molecule has 1 heterocycles. The maximum Gasteiger partial charge on any atom is 0.416 e. The van der Waals surface area contributed by atoms with Crippen molar-refractivity contribution in [2.24, 2.45) is 0 Å². The molecule has 0 spiro atoms. The van der Waals surface area contributed by atoms with Gasteiger partial charge in [0.2, 0.25) is 5.28 Å². The minimum atomic E-state index is -4.45. The number of allylic oxidation sites excluding steroid dienone is 2. The lowest BCUT2D eigenvalue weighted by Gasteiger charge is -2.17. The molecular weight excluding hydrogens is 427 g/mol. The minimum Gasteiger partial charge on any atom is -0.391 e. The van der Waals surface area contributed by atoms with Gasteiger partial charge in [0, 0.05) is 44.2 Å². The van der Waals surface area contributed by atoms with Crippen molar-refractivity contribution in [2.75, 3.05) is 24.2 Å². The van der Waals surface area contributed by atoms with Crippen LogP contribution in [0.3, 0.4) is 0 Å². The van der Waals surface area contributed by atoms with Crippen LogP contribution in [0.2, 0.25) is 5.28 Å². The second-order valence-corrected chi connectivity index (χ2v) is 7.07. The largest absolute Gasteiger partial charge is 0.416 e. The number of halogens is 4. The fraction of sp³-hybridized carbons (Fsp3) is 0.273. The van der Waals surface area contributed by atoms with Gasteiger partial charge in [0.05, 0.1) is 11.3 Å². The SMILES string of the molecule is C=CNCCc1nc(Cl)nc(NCc2cc(NC)cc(C(F)(F)F)c2)c1CC(=C)C=C. The first kappa shape index (κ1) is 24.3. The van der Waals surface area contributed by atoms with Gasteiger partial charge in [0.25, 0.3) is 0 Å². The van der Waals surface area contributed by atoms with Gasteiger partial charge in [-0.2, -0.15) is 13.2 Å². The molecule has 0 saturated heterocycles. The highest BCUT2D eigenvalue weighted by atomic mass is 35.5. The highest BCUT2D eigenvalue weighted by Crippen LogP contribution is 2.32. The quantitative estimate of drug-likeness (QED) is 0.244. The first-order valence-corrected chi connectivity index (χ1v) is 9.88. The number of alkyl halides is 3. The van der Waals surface area contributed by atoms with Gasteiger partial charge >= 0.3 is 6.18 Å². The Morgan fingerprint density at radius 3 is 2.55 bits per heavy atom. The summed E-state index contributed by atoms with van der Waals surface area (Å²) in [5.74, 6) is 0.444. The third-order valence-electron chi connectivity index (χ3n) is 4.48. The van der Waals surface area contributed by atoms with E-state index in [1.165, 1.54) is 0 Å². The monoisotopic (exact) mass is 451 g/mol. The number of benzene rings is 1. The molecule has 0 aliphatic heterocycles. The molecule has 0 unspecified atom stereocenters. The van der Waals surface area contributed by atoms with Crippen LogP contribution in [0.4, 0.5) is 24.7 Å². The van der Waals surface area contributed by atoms with Crippen LogP contribution in [0, 0.1) is 0 Å². The zero-order chi connectivity index (χ0) is 23.0. The molecule has 166 valence electrons. The van der Waals surface area contributed by atoms with Gasteiger partial charge in [0.1, 0.15) is 5.82 Å². The first-order valence-electron chi connectivity index (χ1n) is 9.50. The van der Waals surface area contributed by atoms with Crippen LogP contribution in [-0.4, -0.2) is 23.6 Å². The molecule has 31 heavy (non-hydrogen) atoms. The van der Waals surface area contributed by atoms with Crippen molar-refractivity contribution in [3.8, 4) is 0 Å². The average Bonchev–Trinajstić information content (AvgIpc) is 2.73. The molecule has 0 amide bonds. The summed E-state index contributed by atoms with van der Waals surface area (Å²) in [6, 6.07) is 3.81. The van der Waals surface area contributed by atoms with E-state index < -0.39 is 11.7 Å². The zero-order valence-electron chi connectivity index (χ0n) is 17.2. The minimum absolute atomic E-state index is 0.0454. The molecule has 0 saturated carbocycles. The normalized spacial score (nSPS) is 11.0. The summed E-state index contributed by atoms with van der Waals surface area (Å²) >= 11 is 6.12. The van der Waals surface area contributed by atoms with Crippen LogP contribution in [0.1, 0.15) is 22.4 Å². The fourth-order valence-electron chi connectivity index (χ4n) is 2.92. The summed E-state index contributed by atoms with van der Waals surface area (Å²) in [4.78, 5) is 8.60. The second-order valence-electron chi connectivity index (χ2n) is 6.73. The summed E-state index contributed by atoms with van der Waals surface area (Å²) in [6.07, 6.45) is -0.252. The van der Waals surface area contributed by atoms with E-state index in [1.54, 1.807) is 25.4 Å². The van der Waals surface area contributed by atoms with E-state index in [0.29, 0.717) is 42.1 Å². The lowest BCUT2D eigenvalue weighted by molar-refractivity contribution is -0.137. The first-order chi connectivity index (χ1) is 14.7. The van der Waals surface area contributed by atoms with Gasteiger partial charge in [-0.25, -0.2) is 9.97 Å². The van der Waals surface area contributed by atoms with Crippen LogP contribution < -0.4 is 16.0 Å². The number of nitrogens with one attached hydrogen (secondary N) is 3. The number of nitrogens with zero attached hydrogens (tertiary/aromatic N) is 2. The molecule has 3 N–H and O–H groups in total. The topological polar surface area (TPSA) is 61.9 Å². The van der Waals surface area contributed by atoms with Crippen LogP contribution in [0.15, 0.2) is 55.8 Å². The summed E-state index contributed by atoms with van der Waals surface area (Å²) in [5, 5.41) is 8.92. The van der Waals surface area contributed by atoms with Gasteiger partial charge in [0.15, 0.2) is 0 Å². The van der Waals surface area contributed by atoms with Crippen molar-refractivity contribution >= 4 is 23.1 Å². The summed E-state index contributed by atoms with van der Waals surface area (Å²) in [7, 11) is 1.57. The molecule has 5 nitrogen and oxygen atoms in total. The fourth-order valence-corrected chi connectivity index (χ4v) is 3.11. The number of aromatic nitrogens is 2. The Bertz CT molecular complexity index is 957. The van der Waals surface area contributed by atoms with E-state index in [1.807, 2.05) is 0 Å². The maximum atomic E-state index is 13.2. The van der Waals surface area contributed by atoms with Gasteiger partial charge in [-0.05, 0) is 41.6 Å². The summed E-state index contributed by atoms with van der Waals surface area (Å²) in [5.41, 5.74) is 2.30. The molecule has 0 atom stereocenters. The summed E-state index contributed by atoms with van der Waals surface area (Å²) in [6.45, 7) is 12.0. The van der Waals surface area contributed by atoms with Gasteiger partial charge in [-0.1, -0.05) is 31.4 Å². The second kappa shape index (κ2) is 10.9. The number of anilines is 2. The molecule has 2 rings (SSSR count). The Hall–Kier alpha value is -3.00. The Morgan fingerprint density at radius 1 is 1.19 bits per heavy atom. The van der Waals surface area contributed by atoms with Gasteiger partial charge in [-0.15, -0.1) is 0 Å². The van der Waals surface area contributed by atoms with E-state index in [0.717, 1.165) is 23.3 Å². The Morgan fingerprint density at radius 2 is 1.94 bits per heavy atom. The van der Waals surface area contributed by atoms with Crippen LogP contribution in [-0.2, 0) is 25.6 Å². The van der Waals surface area contributed by atoms with E-state index in [-0.39, 0.29) is 11.8 Å². The van der Waals surface area contributed by atoms with Gasteiger partial charge < -0.3 is 16.0 Å². The molecule has 0 bridgehead atoms. The smallest absolute Gasteiger partial charge is 0.391 e. The highest BCUT2D eigenvalue weighted by molar-refractivity contribution is 6.28. The van der Waals surface area contributed by atoms with E-state index in [4.69, 9.17) is 11.6 Å². The standard InChI is InChI=1S/C22H25ClF3N5/c1-5-14(3)9-18-19(7-8-28-6-2)30-21(23)31-20(18)29-13-15-10-16(22(24,25)26)12-17(11-15)27-4/h5-6,10-12,27-28H,1-3,7-9,13H2,4H3,(H,29,30,31). The lowest BCUT2D eigenvalue weighted by Crippen LogP contribution is -2.15. The van der Waals surface area contributed by atoms with Crippen LogP contribution >= 0.6 is 11.6 Å². The van der Waals surface area contributed by atoms with Crippen molar-refractivity contribution in [1.29, 1.82) is 0 Å². The lowest BCUT2D eigenvalue weighted by atomic mass is 10.0. The molecule has 9 heteroatoms. The van der Waals surface area contributed by atoms with E-state index in [9.17, 15) is 13.2 Å². The molecule has 0 aliphatic carbocycles. The van der Waals surface area contributed by atoms with E-state index in [2.05, 4.69) is 45.7 Å². The van der Waals surface area contributed by atoms with Crippen molar-refractivity contribution in [1.82, 2.24) is 15.3 Å². The molecule has 0 aliphatic rings. The van der Waals surface area contributed by atoms with Crippen molar-refractivity contribution in [3.63, 3.8) is 0 Å². The Labute approximate surface area is 185 Å². The predicted octanol–water partition coefficient (Wildman–Crippen LogP) is 5.36. The average molecular weight is 452 g/mol. The van der Waals surface area contributed by atoms with E-state index >= 15 is 0 Å². The Kier molecular flexibility index (Phi) is 8.50. The summed E-state index contributed by atoms with van der Waals surface area (Å²) < 4.78 is 39.7. The maximum absolute atomic E-state index is 13.2. The zero-order valence-corrected chi connectivity index (χ0v) is 18.0. The number of rotatable bonds is 11. The highest BCUT2D eigenvalue weighted by Gasteiger charge is 2.31.